The van der Waals surface area contributed by atoms with Crippen LogP contribution < -0.4 is 10.2 Å². The molecule has 0 aliphatic carbocycles. The van der Waals surface area contributed by atoms with Gasteiger partial charge in [-0.1, -0.05) is 6.92 Å². The molecule has 0 spiro atoms. The maximum atomic E-state index is 13.0. The second kappa shape index (κ2) is 10.0. The fourth-order valence-electron chi connectivity index (χ4n) is 4.13. The third-order valence-corrected chi connectivity index (χ3v) is 5.99. The molecule has 0 bridgehead atoms. The van der Waals surface area contributed by atoms with E-state index in [1.807, 2.05) is 19.1 Å². The van der Waals surface area contributed by atoms with Crippen molar-refractivity contribution in [2.75, 3.05) is 49.5 Å². The van der Waals surface area contributed by atoms with Crippen molar-refractivity contribution in [1.29, 1.82) is 0 Å². The minimum Gasteiger partial charge on any atom is -0.462 e. The molecule has 1 aromatic carbocycles. The number of aryl methyl sites for hydroxylation is 1. The summed E-state index contributed by atoms with van der Waals surface area (Å²) in [6.07, 6.45) is 0. The van der Waals surface area contributed by atoms with Crippen LogP contribution in [0.25, 0.3) is 0 Å². The zero-order valence-electron chi connectivity index (χ0n) is 19.2. The summed E-state index contributed by atoms with van der Waals surface area (Å²) in [6.45, 7) is 15.0. The lowest BCUT2D eigenvalue weighted by Gasteiger charge is -2.35. The van der Waals surface area contributed by atoms with E-state index >= 15 is 0 Å². The minimum absolute atomic E-state index is 0.0871. The third-order valence-electron chi connectivity index (χ3n) is 5.99. The molecule has 0 amide bonds. The second-order valence-electron chi connectivity index (χ2n) is 8.04. The fourth-order valence-corrected chi connectivity index (χ4v) is 4.13. The number of aromatic nitrogens is 1. The van der Waals surface area contributed by atoms with E-state index in [0.29, 0.717) is 29.1 Å². The number of rotatable bonds is 8. The van der Waals surface area contributed by atoms with Gasteiger partial charge in [-0.25, -0.2) is 4.79 Å². The van der Waals surface area contributed by atoms with Crippen molar-refractivity contribution in [3.05, 3.63) is 46.8 Å². The normalized spacial score (nSPS) is 15.6. The highest BCUT2D eigenvalue weighted by Crippen LogP contribution is 2.23. The highest BCUT2D eigenvalue weighted by atomic mass is 16.5. The number of ketones is 1. The number of Topliss-reactive ketones (excluding diaryl/α,β-unsaturated/α-hetero) is 1. The van der Waals surface area contributed by atoms with Gasteiger partial charge in [0, 0.05) is 43.2 Å². The molecule has 2 heterocycles. The van der Waals surface area contributed by atoms with Crippen LogP contribution in [0.4, 0.5) is 11.4 Å². The van der Waals surface area contributed by atoms with Crippen LogP contribution in [0.3, 0.4) is 0 Å². The molecule has 0 unspecified atom stereocenters. The Morgan fingerprint density at radius 3 is 2.32 bits per heavy atom. The smallest absolute Gasteiger partial charge is 0.340 e. The number of piperazine rings is 1. The molecule has 0 radical (unpaired) electrons. The Labute approximate surface area is 184 Å². The van der Waals surface area contributed by atoms with Crippen molar-refractivity contribution >= 4 is 23.1 Å². The number of carbonyl (C=O) groups is 2. The molecule has 168 valence electrons. The number of benzene rings is 1. The molecular weight excluding hydrogens is 392 g/mol. The van der Waals surface area contributed by atoms with Crippen molar-refractivity contribution in [2.45, 2.75) is 40.7 Å². The highest BCUT2D eigenvalue weighted by molar-refractivity contribution is 6.04. The van der Waals surface area contributed by atoms with Gasteiger partial charge in [0.25, 0.3) is 0 Å². The molecule has 0 saturated carbocycles. The van der Waals surface area contributed by atoms with Gasteiger partial charge in [-0.2, -0.15) is 0 Å². The van der Waals surface area contributed by atoms with Gasteiger partial charge >= 0.3 is 5.97 Å². The quantitative estimate of drug-likeness (QED) is 0.496. The van der Waals surface area contributed by atoms with Crippen LogP contribution in [0.5, 0.6) is 0 Å². The molecule has 1 atom stereocenters. The first-order valence-corrected chi connectivity index (χ1v) is 11.1. The van der Waals surface area contributed by atoms with E-state index in [9.17, 15) is 9.59 Å². The van der Waals surface area contributed by atoms with Crippen molar-refractivity contribution < 1.29 is 14.3 Å². The number of H-pyrrole nitrogens is 1. The van der Waals surface area contributed by atoms with E-state index in [-0.39, 0.29) is 5.78 Å². The van der Waals surface area contributed by atoms with Gasteiger partial charge in [0.2, 0.25) is 5.78 Å². The molecular formula is C24H34N4O3. The topological polar surface area (TPSA) is 77.7 Å². The number of carbonyl (C=O) groups excluding carboxylic acids is 2. The van der Waals surface area contributed by atoms with Gasteiger partial charge in [-0.15, -0.1) is 0 Å². The molecule has 1 fully saturated rings. The van der Waals surface area contributed by atoms with Crippen LogP contribution in [-0.2, 0) is 4.74 Å². The highest BCUT2D eigenvalue weighted by Gasteiger charge is 2.25. The van der Waals surface area contributed by atoms with Crippen molar-refractivity contribution in [1.82, 2.24) is 9.88 Å². The maximum Gasteiger partial charge on any atom is 0.340 e. The zero-order valence-corrected chi connectivity index (χ0v) is 19.2. The summed E-state index contributed by atoms with van der Waals surface area (Å²) in [7, 11) is 0. The van der Waals surface area contributed by atoms with Crippen LogP contribution in [-0.4, -0.2) is 67.0 Å². The first-order chi connectivity index (χ1) is 14.8. The average molecular weight is 427 g/mol. The first kappa shape index (κ1) is 22.9. The number of hydrogen-bond donors (Lipinski definition) is 2. The molecule has 1 saturated heterocycles. The maximum absolute atomic E-state index is 13.0. The Balaban J connectivity index is 1.65. The SMILES string of the molecule is CCOC(=O)c1c(C)[nH]c(C(=O)[C@H](C)Nc2ccc(N3CCN(CC)CC3)cc2)c1C. The first-order valence-electron chi connectivity index (χ1n) is 11.1. The molecule has 7 heteroatoms. The van der Waals surface area contributed by atoms with Gasteiger partial charge in [-0.05, 0) is 64.1 Å². The van der Waals surface area contributed by atoms with E-state index in [4.69, 9.17) is 4.74 Å². The lowest BCUT2D eigenvalue weighted by molar-refractivity contribution is 0.0525. The molecule has 1 aliphatic heterocycles. The standard InChI is InChI=1S/C24H34N4O3/c1-6-27-12-14-28(15-13-27)20-10-8-19(9-11-20)25-18(5)23(29)22-16(3)21(17(4)26-22)24(30)31-7-2/h8-11,18,25-26H,6-7,12-15H2,1-5H3/t18-/m0/s1. The number of nitrogens with zero attached hydrogens (tertiary/aromatic N) is 2. The van der Waals surface area contributed by atoms with E-state index in [0.717, 1.165) is 38.4 Å². The molecule has 1 aliphatic rings. The summed E-state index contributed by atoms with van der Waals surface area (Å²) in [5.74, 6) is -0.486. The van der Waals surface area contributed by atoms with Crippen LogP contribution >= 0.6 is 0 Å². The predicted molar refractivity (Wildman–Crippen MR) is 124 cm³/mol. The third kappa shape index (κ3) is 5.10. The number of aromatic amines is 1. The van der Waals surface area contributed by atoms with E-state index in [2.05, 4.69) is 39.2 Å². The Kier molecular flexibility index (Phi) is 7.38. The summed E-state index contributed by atoms with van der Waals surface area (Å²) in [5, 5.41) is 3.28. The van der Waals surface area contributed by atoms with Gasteiger partial charge in [0.05, 0.1) is 23.9 Å². The summed E-state index contributed by atoms with van der Waals surface area (Å²) in [6, 6.07) is 7.80. The number of anilines is 2. The van der Waals surface area contributed by atoms with Crippen LogP contribution in [0.1, 0.15) is 52.9 Å². The molecule has 2 aromatic rings. The molecule has 7 nitrogen and oxygen atoms in total. The van der Waals surface area contributed by atoms with E-state index < -0.39 is 12.0 Å². The number of ether oxygens (including phenoxy) is 1. The van der Waals surface area contributed by atoms with Gasteiger partial charge in [0.1, 0.15) is 0 Å². The Morgan fingerprint density at radius 2 is 1.74 bits per heavy atom. The Bertz CT molecular complexity index is 912. The van der Waals surface area contributed by atoms with Crippen LogP contribution in [0, 0.1) is 13.8 Å². The Morgan fingerprint density at radius 1 is 1.10 bits per heavy atom. The van der Waals surface area contributed by atoms with Crippen molar-refractivity contribution in [3.63, 3.8) is 0 Å². The summed E-state index contributed by atoms with van der Waals surface area (Å²) in [4.78, 5) is 33.2. The van der Waals surface area contributed by atoms with Crippen molar-refractivity contribution in [3.8, 4) is 0 Å². The predicted octanol–water partition coefficient (Wildman–Crippen LogP) is 3.63. The number of esters is 1. The molecule has 1 aromatic heterocycles. The Hall–Kier alpha value is -2.80. The van der Waals surface area contributed by atoms with Crippen LogP contribution in [0.2, 0.25) is 0 Å². The second-order valence-corrected chi connectivity index (χ2v) is 8.04. The fraction of sp³-hybridized carbons (Fsp3) is 0.500. The molecule has 3 rings (SSSR count). The summed E-state index contributed by atoms with van der Waals surface area (Å²) < 4.78 is 5.12. The zero-order chi connectivity index (χ0) is 22.5. The number of hydrogen-bond acceptors (Lipinski definition) is 6. The summed E-state index contributed by atoms with van der Waals surface area (Å²) in [5.41, 5.74) is 4.28. The van der Waals surface area contributed by atoms with Gasteiger partial charge in [-0.3, -0.25) is 4.79 Å². The lowest BCUT2D eigenvalue weighted by atomic mass is 10.0. The van der Waals surface area contributed by atoms with E-state index in [1.54, 1.807) is 20.8 Å². The number of likely N-dealkylation sites (N-methyl/N-ethyl adjacent to an activating group) is 1. The van der Waals surface area contributed by atoms with Gasteiger partial charge < -0.3 is 24.8 Å². The summed E-state index contributed by atoms with van der Waals surface area (Å²) >= 11 is 0. The van der Waals surface area contributed by atoms with Crippen LogP contribution in [0.15, 0.2) is 24.3 Å². The van der Waals surface area contributed by atoms with Crippen molar-refractivity contribution in [2.24, 2.45) is 0 Å². The average Bonchev–Trinajstić information content (AvgIpc) is 3.07. The lowest BCUT2D eigenvalue weighted by Crippen LogP contribution is -2.46. The number of nitrogens with one attached hydrogen (secondary N) is 2. The largest absolute Gasteiger partial charge is 0.462 e. The monoisotopic (exact) mass is 426 g/mol. The molecule has 2 N–H and O–H groups in total. The van der Waals surface area contributed by atoms with Gasteiger partial charge in [0.15, 0.2) is 0 Å². The van der Waals surface area contributed by atoms with E-state index in [1.165, 1.54) is 5.69 Å². The molecule has 31 heavy (non-hydrogen) atoms. The minimum atomic E-state index is -0.439.